The average molecular weight is 279 g/mol. The van der Waals surface area contributed by atoms with Crippen molar-refractivity contribution >= 4 is 11.9 Å². The van der Waals surface area contributed by atoms with Crippen molar-refractivity contribution in [2.45, 2.75) is 39.4 Å². The number of benzene rings is 1. The van der Waals surface area contributed by atoms with Gasteiger partial charge in [-0.3, -0.25) is 9.59 Å². The molecule has 2 N–H and O–H groups in total. The van der Waals surface area contributed by atoms with E-state index in [2.05, 4.69) is 5.32 Å². The van der Waals surface area contributed by atoms with Crippen molar-refractivity contribution in [1.82, 2.24) is 5.32 Å². The molecule has 0 saturated heterocycles. The van der Waals surface area contributed by atoms with Crippen LogP contribution in [0.4, 0.5) is 0 Å². The Labute approximate surface area is 118 Å². The number of hydrogen-bond acceptors (Lipinski definition) is 3. The zero-order chi connectivity index (χ0) is 15.0. The van der Waals surface area contributed by atoms with Crippen molar-refractivity contribution in [3.63, 3.8) is 0 Å². The number of aliphatic carboxylic acids is 1. The summed E-state index contributed by atoms with van der Waals surface area (Å²) in [6, 6.07) is 7.19. The fourth-order valence-corrected chi connectivity index (χ4v) is 1.56. The van der Waals surface area contributed by atoms with E-state index in [0.29, 0.717) is 25.1 Å². The van der Waals surface area contributed by atoms with Gasteiger partial charge in [-0.25, -0.2) is 0 Å². The highest BCUT2D eigenvalue weighted by Crippen LogP contribution is 2.07. The molecule has 0 aliphatic heterocycles. The van der Waals surface area contributed by atoms with Crippen LogP contribution in [0, 0.1) is 0 Å². The van der Waals surface area contributed by atoms with Gasteiger partial charge < -0.3 is 15.2 Å². The highest BCUT2D eigenvalue weighted by atomic mass is 16.5. The van der Waals surface area contributed by atoms with Crippen molar-refractivity contribution in [2.75, 3.05) is 6.54 Å². The number of rotatable bonds is 8. The Morgan fingerprint density at radius 3 is 2.45 bits per heavy atom. The summed E-state index contributed by atoms with van der Waals surface area (Å²) in [5.74, 6) is -1.04. The lowest BCUT2D eigenvalue weighted by Crippen LogP contribution is -2.24. The van der Waals surface area contributed by atoms with Crippen LogP contribution in [0.2, 0.25) is 0 Å². The van der Waals surface area contributed by atoms with E-state index >= 15 is 0 Å². The minimum Gasteiger partial charge on any atom is -0.481 e. The van der Waals surface area contributed by atoms with Gasteiger partial charge in [0.15, 0.2) is 0 Å². The Bertz CT molecular complexity index is 440. The third-order valence-corrected chi connectivity index (χ3v) is 2.65. The number of carboxylic acids is 1. The summed E-state index contributed by atoms with van der Waals surface area (Å²) in [6.07, 6.45) is 0.667. The summed E-state index contributed by atoms with van der Waals surface area (Å²) in [5, 5.41) is 11.2. The van der Waals surface area contributed by atoms with Gasteiger partial charge in [0.05, 0.1) is 12.7 Å². The predicted molar refractivity (Wildman–Crippen MR) is 75.6 cm³/mol. The standard InChI is InChI=1S/C15H21NO4/c1-11(2)20-10-12-5-7-13(8-6-12)15(19)16-9-3-4-14(17)18/h5-8,11H,3-4,9-10H2,1-2H3,(H,16,19)(H,17,18). The Morgan fingerprint density at radius 1 is 1.25 bits per heavy atom. The summed E-state index contributed by atoms with van der Waals surface area (Å²) in [5.41, 5.74) is 1.58. The Balaban J connectivity index is 2.39. The van der Waals surface area contributed by atoms with E-state index in [4.69, 9.17) is 9.84 Å². The fraction of sp³-hybridized carbons (Fsp3) is 0.467. The largest absolute Gasteiger partial charge is 0.481 e. The van der Waals surface area contributed by atoms with Crippen molar-refractivity contribution in [2.24, 2.45) is 0 Å². The maximum atomic E-state index is 11.8. The first-order valence-electron chi connectivity index (χ1n) is 6.69. The molecule has 0 radical (unpaired) electrons. The second kappa shape index (κ2) is 8.32. The molecule has 1 rings (SSSR count). The van der Waals surface area contributed by atoms with Crippen molar-refractivity contribution < 1.29 is 19.4 Å². The highest BCUT2D eigenvalue weighted by Gasteiger charge is 2.05. The quantitative estimate of drug-likeness (QED) is 0.715. The highest BCUT2D eigenvalue weighted by molar-refractivity contribution is 5.94. The Kier molecular flexibility index (Phi) is 6.73. The van der Waals surface area contributed by atoms with Gasteiger partial charge in [0.1, 0.15) is 0 Å². The summed E-state index contributed by atoms with van der Waals surface area (Å²) in [6.45, 7) is 4.83. The zero-order valence-electron chi connectivity index (χ0n) is 11.9. The van der Waals surface area contributed by atoms with Crippen LogP contribution in [-0.4, -0.2) is 29.6 Å². The van der Waals surface area contributed by atoms with E-state index in [1.807, 2.05) is 26.0 Å². The molecule has 5 nitrogen and oxygen atoms in total. The van der Waals surface area contributed by atoms with E-state index in [0.717, 1.165) is 5.56 Å². The molecular weight excluding hydrogens is 258 g/mol. The molecule has 0 spiro atoms. The van der Waals surface area contributed by atoms with Gasteiger partial charge in [0.2, 0.25) is 0 Å². The van der Waals surface area contributed by atoms with Gasteiger partial charge in [0.25, 0.3) is 5.91 Å². The monoisotopic (exact) mass is 279 g/mol. The first-order chi connectivity index (χ1) is 9.49. The maximum Gasteiger partial charge on any atom is 0.303 e. The van der Waals surface area contributed by atoms with E-state index in [9.17, 15) is 9.59 Å². The van der Waals surface area contributed by atoms with Gasteiger partial charge in [-0.1, -0.05) is 12.1 Å². The van der Waals surface area contributed by atoms with Crippen LogP contribution in [0.5, 0.6) is 0 Å². The van der Waals surface area contributed by atoms with Gasteiger partial charge in [0, 0.05) is 18.5 Å². The summed E-state index contributed by atoms with van der Waals surface area (Å²) < 4.78 is 5.47. The summed E-state index contributed by atoms with van der Waals surface area (Å²) >= 11 is 0. The number of carbonyl (C=O) groups excluding carboxylic acids is 1. The fourth-order valence-electron chi connectivity index (χ4n) is 1.56. The summed E-state index contributed by atoms with van der Waals surface area (Å²) in [4.78, 5) is 22.1. The number of carbonyl (C=O) groups is 2. The number of carboxylic acid groups (broad SMARTS) is 1. The Morgan fingerprint density at radius 2 is 1.90 bits per heavy atom. The van der Waals surface area contributed by atoms with Crippen LogP contribution < -0.4 is 5.32 Å². The Hall–Kier alpha value is -1.88. The van der Waals surface area contributed by atoms with E-state index in [1.165, 1.54) is 0 Å². The van der Waals surface area contributed by atoms with Crippen molar-refractivity contribution in [1.29, 1.82) is 0 Å². The molecule has 5 heteroatoms. The van der Waals surface area contributed by atoms with Gasteiger partial charge in [-0.15, -0.1) is 0 Å². The molecule has 0 aromatic heterocycles. The molecule has 0 aliphatic rings. The molecule has 0 heterocycles. The second-order valence-electron chi connectivity index (χ2n) is 4.81. The summed E-state index contributed by atoms with van der Waals surface area (Å²) in [7, 11) is 0. The molecule has 0 aliphatic carbocycles. The normalized spacial score (nSPS) is 10.6. The third kappa shape index (κ3) is 6.33. The minimum atomic E-state index is -0.853. The van der Waals surface area contributed by atoms with Crippen LogP contribution in [-0.2, 0) is 16.1 Å². The first kappa shape index (κ1) is 16.2. The number of amides is 1. The lowest BCUT2D eigenvalue weighted by molar-refractivity contribution is -0.137. The molecule has 1 aromatic carbocycles. The molecule has 0 atom stereocenters. The molecule has 1 amide bonds. The van der Waals surface area contributed by atoms with Crippen LogP contribution in [0.25, 0.3) is 0 Å². The molecule has 20 heavy (non-hydrogen) atoms. The molecule has 0 saturated carbocycles. The lowest BCUT2D eigenvalue weighted by atomic mass is 10.1. The van der Waals surface area contributed by atoms with Crippen LogP contribution in [0.3, 0.4) is 0 Å². The lowest BCUT2D eigenvalue weighted by Gasteiger charge is -2.08. The van der Waals surface area contributed by atoms with E-state index < -0.39 is 5.97 Å². The van der Waals surface area contributed by atoms with Crippen LogP contribution in [0.1, 0.15) is 42.6 Å². The molecular formula is C15H21NO4. The molecule has 110 valence electrons. The zero-order valence-corrected chi connectivity index (χ0v) is 11.9. The number of ether oxygens (including phenoxy) is 1. The third-order valence-electron chi connectivity index (χ3n) is 2.65. The topological polar surface area (TPSA) is 75.6 Å². The predicted octanol–water partition coefficient (Wildman–Crippen LogP) is 2.21. The molecule has 0 fully saturated rings. The van der Waals surface area contributed by atoms with Gasteiger partial charge >= 0.3 is 5.97 Å². The maximum absolute atomic E-state index is 11.8. The van der Waals surface area contributed by atoms with Crippen molar-refractivity contribution in [3.05, 3.63) is 35.4 Å². The second-order valence-corrected chi connectivity index (χ2v) is 4.81. The number of hydrogen-bond donors (Lipinski definition) is 2. The smallest absolute Gasteiger partial charge is 0.303 e. The van der Waals surface area contributed by atoms with Gasteiger partial charge in [-0.2, -0.15) is 0 Å². The van der Waals surface area contributed by atoms with Gasteiger partial charge in [-0.05, 0) is 38.0 Å². The van der Waals surface area contributed by atoms with Crippen LogP contribution >= 0.6 is 0 Å². The van der Waals surface area contributed by atoms with Crippen LogP contribution in [0.15, 0.2) is 24.3 Å². The average Bonchev–Trinajstić information content (AvgIpc) is 2.41. The molecule has 0 bridgehead atoms. The first-order valence-corrected chi connectivity index (χ1v) is 6.69. The SMILES string of the molecule is CC(C)OCc1ccc(C(=O)NCCCC(=O)O)cc1. The number of nitrogens with one attached hydrogen (secondary N) is 1. The minimum absolute atomic E-state index is 0.0613. The molecule has 1 aromatic rings. The van der Waals surface area contributed by atoms with Crippen molar-refractivity contribution in [3.8, 4) is 0 Å². The van der Waals surface area contributed by atoms with E-state index in [1.54, 1.807) is 12.1 Å². The van der Waals surface area contributed by atoms with E-state index in [-0.39, 0.29) is 18.4 Å². The molecule has 0 unspecified atom stereocenters.